The molecule has 1 N–H and O–H groups in total. The molecule has 0 rings (SSSR count). The number of ether oxygens (including phenoxy) is 2. The number of hydrogen-bond donors (Lipinski definition) is 1. The molecule has 0 saturated carbocycles. The fraction of sp³-hybridized carbons (Fsp3) is 0.556. The van der Waals surface area contributed by atoms with Crippen molar-refractivity contribution in [2.75, 3.05) is 20.3 Å². The van der Waals surface area contributed by atoms with Gasteiger partial charge in [-0.25, -0.2) is 4.79 Å². The highest BCUT2D eigenvalue weighted by atomic mass is 16.5. The van der Waals surface area contributed by atoms with E-state index in [4.69, 9.17) is 10.00 Å². The van der Waals surface area contributed by atoms with Crippen LogP contribution >= 0.6 is 0 Å². The maximum Gasteiger partial charge on any atom is 0.354 e. The molecule has 0 fully saturated rings. The molecule has 0 radical (unpaired) electrons. The molecule has 0 aliphatic rings. The lowest BCUT2D eigenvalue weighted by molar-refractivity contribution is -0.138. The minimum atomic E-state index is -0.673. The normalized spacial score (nSPS) is 11.0. The molecule has 5 heteroatoms. The first-order chi connectivity index (χ1) is 6.71. The minimum Gasteiger partial charge on any atom is -0.478 e. The predicted octanol–water partition coefficient (Wildman–Crippen LogP) is 0.541. The Hall–Kier alpha value is -1.70. The second-order valence-corrected chi connectivity index (χ2v) is 2.22. The summed E-state index contributed by atoms with van der Waals surface area (Å²) in [5.41, 5.74) is -0.142. The Kier molecular flexibility index (Phi) is 5.95. The van der Waals surface area contributed by atoms with Crippen molar-refractivity contribution in [3.63, 3.8) is 0 Å². The van der Waals surface area contributed by atoms with Crippen LogP contribution in [0.1, 0.15) is 13.8 Å². The third-order valence-corrected chi connectivity index (χ3v) is 1.33. The molecular formula is C9H14N2O3. The molecule has 0 amide bonds. The molecule has 0 saturated heterocycles. The van der Waals surface area contributed by atoms with Crippen LogP contribution in [0.5, 0.6) is 0 Å². The maximum atomic E-state index is 11.2. The van der Waals surface area contributed by atoms with Crippen molar-refractivity contribution in [2.45, 2.75) is 13.8 Å². The van der Waals surface area contributed by atoms with Crippen LogP contribution in [0, 0.1) is 11.3 Å². The number of hydrogen-bond acceptors (Lipinski definition) is 5. The van der Waals surface area contributed by atoms with Crippen LogP contribution in [-0.2, 0) is 14.3 Å². The highest BCUT2D eigenvalue weighted by Crippen LogP contribution is 2.04. The van der Waals surface area contributed by atoms with E-state index in [1.807, 2.05) is 0 Å². The van der Waals surface area contributed by atoms with Gasteiger partial charge in [0.1, 0.15) is 6.07 Å². The average Bonchev–Trinajstić information content (AvgIpc) is 2.18. The van der Waals surface area contributed by atoms with Crippen molar-refractivity contribution >= 4 is 5.97 Å². The Bertz CT molecular complexity index is 266. The van der Waals surface area contributed by atoms with Gasteiger partial charge in [-0.15, -0.1) is 0 Å². The first-order valence-electron chi connectivity index (χ1n) is 4.33. The second-order valence-electron chi connectivity index (χ2n) is 2.22. The van der Waals surface area contributed by atoms with Crippen molar-refractivity contribution in [1.82, 2.24) is 5.32 Å². The molecule has 0 aliphatic carbocycles. The molecule has 0 aromatic carbocycles. The number of carbonyl (C=O) groups excluding carboxylic acids is 1. The van der Waals surface area contributed by atoms with Gasteiger partial charge >= 0.3 is 5.97 Å². The topological polar surface area (TPSA) is 71.4 Å². The number of nitrogens with one attached hydrogen (secondary N) is 1. The van der Waals surface area contributed by atoms with Gasteiger partial charge in [0.25, 0.3) is 0 Å². The Balaban J connectivity index is 4.80. The average molecular weight is 198 g/mol. The first-order valence-corrected chi connectivity index (χ1v) is 4.33. The summed E-state index contributed by atoms with van der Waals surface area (Å²) in [6.07, 6.45) is 0. The van der Waals surface area contributed by atoms with Crippen LogP contribution in [0.3, 0.4) is 0 Å². The summed E-state index contributed by atoms with van der Waals surface area (Å²) >= 11 is 0. The van der Waals surface area contributed by atoms with Gasteiger partial charge < -0.3 is 14.8 Å². The zero-order valence-corrected chi connectivity index (χ0v) is 8.59. The Morgan fingerprint density at radius 3 is 2.29 bits per heavy atom. The van der Waals surface area contributed by atoms with Gasteiger partial charge in [0.2, 0.25) is 5.88 Å². The fourth-order valence-corrected chi connectivity index (χ4v) is 0.806. The SMILES string of the molecule is CCOC(=O)/C(C#N)=C(\NC)OCC. The van der Waals surface area contributed by atoms with Crippen LogP contribution in [-0.4, -0.2) is 26.2 Å². The monoisotopic (exact) mass is 198 g/mol. The molecule has 0 bridgehead atoms. The number of esters is 1. The van der Waals surface area contributed by atoms with E-state index in [0.717, 1.165) is 0 Å². The van der Waals surface area contributed by atoms with Crippen LogP contribution in [0.15, 0.2) is 11.5 Å². The molecule has 0 aliphatic heterocycles. The molecule has 0 atom stereocenters. The van der Waals surface area contributed by atoms with Crippen LogP contribution in [0.2, 0.25) is 0 Å². The van der Waals surface area contributed by atoms with Gasteiger partial charge in [0.05, 0.1) is 13.2 Å². The van der Waals surface area contributed by atoms with E-state index in [9.17, 15) is 4.79 Å². The molecule has 5 nitrogen and oxygen atoms in total. The van der Waals surface area contributed by atoms with Crippen LogP contribution in [0.4, 0.5) is 0 Å². The van der Waals surface area contributed by atoms with E-state index < -0.39 is 5.97 Å². The van der Waals surface area contributed by atoms with Gasteiger partial charge in [-0.05, 0) is 13.8 Å². The smallest absolute Gasteiger partial charge is 0.354 e. The van der Waals surface area contributed by atoms with Crippen molar-refractivity contribution in [3.05, 3.63) is 11.5 Å². The number of nitriles is 1. The van der Waals surface area contributed by atoms with E-state index >= 15 is 0 Å². The third-order valence-electron chi connectivity index (χ3n) is 1.33. The lowest BCUT2D eigenvalue weighted by Crippen LogP contribution is -2.18. The molecule has 0 spiro atoms. The molecule has 0 aromatic heterocycles. The standard InChI is InChI=1S/C9H14N2O3/c1-4-13-8(11-3)7(6-10)9(12)14-5-2/h11H,4-5H2,1-3H3/b8-7+. The minimum absolute atomic E-state index is 0.142. The summed E-state index contributed by atoms with van der Waals surface area (Å²) in [5.74, 6) is -0.527. The van der Waals surface area contributed by atoms with E-state index in [1.165, 1.54) is 0 Å². The maximum absolute atomic E-state index is 11.2. The number of nitrogens with zero attached hydrogens (tertiary/aromatic N) is 1. The summed E-state index contributed by atoms with van der Waals surface area (Å²) in [6.45, 7) is 4.04. The predicted molar refractivity (Wildman–Crippen MR) is 50.0 cm³/mol. The second kappa shape index (κ2) is 6.78. The molecule has 0 heterocycles. The number of carbonyl (C=O) groups is 1. The van der Waals surface area contributed by atoms with E-state index in [2.05, 4.69) is 10.1 Å². The Labute approximate surface area is 83.3 Å². The van der Waals surface area contributed by atoms with Crippen molar-refractivity contribution in [2.24, 2.45) is 0 Å². The van der Waals surface area contributed by atoms with Gasteiger partial charge in [-0.3, -0.25) is 0 Å². The largest absolute Gasteiger partial charge is 0.478 e. The van der Waals surface area contributed by atoms with E-state index in [0.29, 0.717) is 6.61 Å². The molecule has 0 aromatic rings. The fourth-order valence-electron chi connectivity index (χ4n) is 0.806. The summed E-state index contributed by atoms with van der Waals surface area (Å²) < 4.78 is 9.74. The quantitative estimate of drug-likeness (QED) is 0.302. The highest BCUT2D eigenvalue weighted by molar-refractivity contribution is 5.93. The summed E-state index contributed by atoms with van der Waals surface area (Å²) in [4.78, 5) is 11.2. The Morgan fingerprint density at radius 2 is 1.93 bits per heavy atom. The lowest BCUT2D eigenvalue weighted by atomic mass is 10.3. The van der Waals surface area contributed by atoms with E-state index in [1.54, 1.807) is 27.0 Å². The highest BCUT2D eigenvalue weighted by Gasteiger charge is 2.16. The third kappa shape index (κ3) is 3.35. The van der Waals surface area contributed by atoms with Crippen molar-refractivity contribution in [1.29, 1.82) is 5.26 Å². The summed E-state index contributed by atoms with van der Waals surface area (Å²) in [7, 11) is 1.57. The van der Waals surface area contributed by atoms with Gasteiger partial charge in [-0.1, -0.05) is 0 Å². The molecular weight excluding hydrogens is 184 g/mol. The van der Waals surface area contributed by atoms with Crippen LogP contribution < -0.4 is 5.32 Å². The molecule has 14 heavy (non-hydrogen) atoms. The lowest BCUT2D eigenvalue weighted by Gasteiger charge is -2.09. The van der Waals surface area contributed by atoms with Gasteiger partial charge in [0, 0.05) is 7.05 Å². The van der Waals surface area contributed by atoms with Gasteiger partial charge in [-0.2, -0.15) is 5.26 Å². The molecule has 0 unspecified atom stereocenters. The summed E-state index contributed by atoms with van der Waals surface area (Å²) in [5, 5.41) is 11.3. The van der Waals surface area contributed by atoms with E-state index in [-0.39, 0.29) is 18.1 Å². The Morgan fingerprint density at radius 1 is 1.36 bits per heavy atom. The van der Waals surface area contributed by atoms with Crippen LogP contribution in [0.25, 0.3) is 0 Å². The molecule has 78 valence electrons. The summed E-state index contributed by atoms with van der Waals surface area (Å²) in [6, 6.07) is 1.74. The zero-order valence-electron chi connectivity index (χ0n) is 8.59. The van der Waals surface area contributed by atoms with Crippen molar-refractivity contribution in [3.8, 4) is 6.07 Å². The van der Waals surface area contributed by atoms with Gasteiger partial charge in [0.15, 0.2) is 5.57 Å². The van der Waals surface area contributed by atoms with Crippen molar-refractivity contribution < 1.29 is 14.3 Å². The number of rotatable bonds is 5. The zero-order chi connectivity index (χ0) is 11.0. The first kappa shape index (κ1) is 12.3.